The number of hydrogen-bond acceptors (Lipinski definition) is 4. The quantitative estimate of drug-likeness (QED) is 0.929. The van der Waals surface area contributed by atoms with Crippen LogP contribution >= 0.6 is 50.2 Å². The molecule has 2 heterocycles. The van der Waals surface area contributed by atoms with Crippen molar-refractivity contribution < 1.29 is 5.11 Å². The molecule has 2 rings (SSSR count). The third kappa shape index (κ3) is 2.79. The summed E-state index contributed by atoms with van der Waals surface area (Å²) in [6.45, 7) is 0. The van der Waals surface area contributed by atoms with Crippen LogP contribution < -0.4 is 0 Å². The van der Waals surface area contributed by atoms with Crippen LogP contribution in [0.25, 0.3) is 0 Å². The zero-order valence-corrected chi connectivity index (χ0v) is 11.5. The van der Waals surface area contributed by atoms with E-state index in [2.05, 4.69) is 20.9 Å². The van der Waals surface area contributed by atoms with Crippen molar-refractivity contribution in [2.24, 2.45) is 0 Å². The van der Waals surface area contributed by atoms with E-state index >= 15 is 0 Å². The number of rotatable bonds is 3. The van der Waals surface area contributed by atoms with Gasteiger partial charge in [-0.1, -0.05) is 11.6 Å². The molecule has 6 heteroatoms. The number of aromatic nitrogens is 1. The lowest BCUT2D eigenvalue weighted by Gasteiger charge is -2.05. The molecule has 0 fully saturated rings. The first-order chi connectivity index (χ1) is 7.16. The molecule has 2 aromatic heterocycles. The molecule has 1 atom stereocenters. The van der Waals surface area contributed by atoms with Crippen molar-refractivity contribution in [1.82, 2.24) is 4.98 Å². The van der Waals surface area contributed by atoms with E-state index < -0.39 is 6.10 Å². The van der Waals surface area contributed by atoms with Crippen molar-refractivity contribution in [3.8, 4) is 0 Å². The summed E-state index contributed by atoms with van der Waals surface area (Å²) in [5.74, 6) is 0. The van der Waals surface area contributed by atoms with Crippen LogP contribution in [0.1, 0.15) is 16.0 Å². The molecule has 1 unspecified atom stereocenters. The molecule has 1 N–H and O–H groups in total. The van der Waals surface area contributed by atoms with Crippen molar-refractivity contribution >= 4 is 50.2 Å². The van der Waals surface area contributed by atoms with Gasteiger partial charge < -0.3 is 5.11 Å². The summed E-state index contributed by atoms with van der Waals surface area (Å²) in [5, 5.41) is 12.6. The third-order valence-corrected chi connectivity index (χ3v) is 5.01. The van der Waals surface area contributed by atoms with E-state index in [1.165, 1.54) is 11.3 Å². The van der Waals surface area contributed by atoms with Gasteiger partial charge in [-0.2, -0.15) is 0 Å². The second-order valence-corrected chi connectivity index (χ2v) is 6.46. The van der Waals surface area contributed by atoms with Crippen molar-refractivity contribution in [2.45, 2.75) is 12.5 Å². The number of aliphatic hydroxyl groups excluding tert-OH is 1. The van der Waals surface area contributed by atoms with E-state index in [0.29, 0.717) is 15.8 Å². The van der Waals surface area contributed by atoms with E-state index in [4.69, 9.17) is 11.6 Å². The van der Waals surface area contributed by atoms with Crippen LogP contribution in [0, 0.1) is 0 Å². The van der Waals surface area contributed by atoms with E-state index in [1.54, 1.807) is 17.5 Å². The van der Waals surface area contributed by atoms with Gasteiger partial charge in [-0.15, -0.1) is 22.7 Å². The maximum atomic E-state index is 9.91. The number of thiazole rings is 1. The molecular formula is C9H7BrClNOS2. The van der Waals surface area contributed by atoms with E-state index in [-0.39, 0.29) is 0 Å². The highest BCUT2D eigenvalue weighted by Crippen LogP contribution is 2.30. The average Bonchev–Trinajstić information content (AvgIpc) is 2.77. The van der Waals surface area contributed by atoms with Crippen molar-refractivity contribution in [1.29, 1.82) is 0 Å². The first-order valence-corrected chi connectivity index (χ1v) is 7.04. The van der Waals surface area contributed by atoms with Gasteiger partial charge in [-0.3, -0.25) is 0 Å². The molecule has 0 bridgehead atoms. The highest BCUT2D eigenvalue weighted by atomic mass is 79.9. The topological polar surface area (TPSA) is 33.1 Å². The molecule has 0 radical (unpaired) electrons. The van der Waals surface area contributed by atoms with Crippen LogP contribution in [0.15, 0.2) is 22.1 Å². The number of hydrogen-bond donors (Lipinski definition) is 1. The molecule has 2 aromatic rings. The number of thiophene rings is 1. The van der Waals surface area contributed by atoms with Crippen molar-refractivity contribution in [3.63, 3.8) is 0 Å². The highest BCUT2D eigenvalue weighted by molar-refractivity contribution is 9.10. The lowest BCUT2D eigenvalue weighted by Crippen LogP contribution is -1.99. The lowest BCUT2D eigenvalue weighted by molar-refractivity contribution is 0.179. The van der Waals surface area contributed by atoms with Gasteiger partial charge >= 0.3 is 0 Å². The summed E-state index contributed by atoms with van der Waals surface area (Å²) in [7, 11) is 0. The largest absolute Gasteiger partial charge is 0.386 e. The molecule has 0 spiro atoms. The zero-order chi connectivity index (χ0) is 10.8. The summed E-state index contributed by atoms with van der Waals surface area (Å²) < 4.78 is 1.64. The summed E-state index contributed by atoms with van der Waals surface area (Å²) in [6, 6.07) is 1.97. The molecule has 0 amide bonds. The molecule has 2 nitrogen and oxygen atoms in total. The SMILES string of the molecule is OC(Cc1sccc1Br)c1ncc(Cl)s1. The minimum atomic E-state index is -0.572. The maximum Gasteiger partial charge on any atom is 0.123 e. The Morgan fingerprint density at radius 3 is 2.93 bits per heavy atom. The van der Waals surface area contributed by atoms with Crippen molar-refractivity contribution in [2.75, 3.05) is 0 Å². The molecule has 0 aliphatic rings. The molecule has 0 aliphatic carbocycles. The Morgan fingerprint density at radius 2 is 2.40 bits per heavy atom. The second kappa shape index (κ2) is 4.93. The molecular weight excluding hydrogens is 318 g/mol. The fourth-order valence-corrected chi connectivity index (χ4v) is 3.62. The Balaban J connectivity index is 2.10. The number of halogens is 2. The first kappa shape index (κ1) is 11.5. The Morgan fingerprint density at radius 1 is 1.60 bits per heavy atom. The second-order valence-electron chi connectivity index (χ2n) is 2.91. The van der Waals surface area contributed by atoms with Gasteiger partial charge in [0.05, 0.1) is 6.20 Å². The number of aliphatic hydroxyl groups is 1. The Kier molecular flexibility index (Phi) is 3.79. The summed E-state index contributed by atoms with van der Waals surface area (Å²) in [6.07, 6.45) is 1.56. The summed E-state index contributed by atoms with van der Waals surface area (Å²) in [5.41, 5.74) is 0. The van der Waals surface area contributed by atoms with Crippen LogP contribution in [0.5, 0.6) is 0 Å². The smallest absolute Gasteiger partial charge is 0.123 e. The molecule has 0 aromatic carbocycles. The summed E-state index contributed by atoms with van der Waals surface area (Å²) >= 11 is 12.1. The zero-order valence-electron chi connectivity index (χ0n) is 7.48. The first-order valence-electron chi connectivity index (χ1n) is 4.18. The van der Waals surface area contributed by atoms with Gasteiger partial charge in [0, 0.05) is 15.8 Å². The van der Waals surface area contributed by atoms with Gasteiger partial charge in [0.25, 0.3) is 0 Å². The van der Waals surface area contributed by atoms with Crippen LogP contribution in [0.4, 0.5) is 0 Å². The molecule has 0 saturated carbocycles. The van der Waals surface area contributed by atoms with Crippen molar-refractivity contribution in [3.05, 3.63) is 36.3 Å². The van der Waals surface area contributed by atoms with Crippen LogP contribution in [-0.4, -0.2) is 10.1 Å². The highest BCUT2D eigenvalue weighted by Gasteiger charge is 2.14. The minimum absolute atomic E-state index is 0.572. The fraction of sp³-hybridized carbons (Fsp3) is 0.222. The predicted octanol–water partition coefficient (Wildman–Crippen LogP) is 3.90. The maximum absolute atomic E-state index is 9.91. The van der Waals surface area contributed by atoms with Crippen LogP contribution in [0.2, 0.25) is 4.34 Å². The fourth-order valence-electron chi connectivity index (χ4n) is 1.15. The normalized spacial score (nSPS) is 13.0. The molecule has 80 valence electrons. The lowest BCUT2D eigenvalue weighted by atomic mass is 10.2. The average molecular weight is 325 g/mol. The van der Waals surface area contributed by atoms with Gasteiger partial charge in [-0.25, -0.2) is 4.98 Å². The van der Waals surface area contributed by atoms with E-state index in [0.717, 1.165) is 9.35 Å². The molecule has 0 saturated heterocycles. The monoisotopic (exact) mass is 323 g/mol. The molecule has 15 heavy (non-hydrogen) atoms. The van der Waals surface area contributed by atoms with E-state index in [9.17, 15) is 5.11 Å². The van der Waals surface area contributed by atoms with Gasteiger partial charge in [0.15, 0.2) is 0 Å². The van der Waals surface area contributed by atoms with Gasteiger partial charge in [0.1, 0.15) is 15.4 Å². The predicted molar refractivity (Wildman–Crippen MR) is 67.8 cm³/mol. The molecule has 0 aliphatic heterocycles. The Hall–Kier alpha value is 0.0600. The Bertz CT molecular complexity index is 456. The van der Waals surface area contributed by atoms with E-state index in [1.807, 2.05) is 11.4 Å². The van der Waals surface area contributed by atoms with Gasteiger partial charge in [-0.05, 0) is 27.4 Å². The minimum Gasteiger partial charge on any atom is -0.386 e. The summed E-state index contributed by atoms with van der Waals surface area (Å²) in [4.78, 5) is 5.17. The van der Waals surface area contributed by atoms with Crippen LogP contribution in [-0.2, 0) is 6.42 Å². The third-order valence-electron chi connectivity index (χ3n) is 1.85. The number of nitrogens with zero attached hydrogens (tertiary/aromatic N) is 1. The van der Waals surface area contributed by atoms with Crippen LogP contribution in [0.3, 0.4) is 0 Å². The standard InChI is InChI=1S/C9H7BrClNOS2/c10-5-1-2-14-7(5)3-6(13)9-12-4-8(11)15-9/h1-2,4,6,13H,3H2. The Labute approximate surface area is 109 Å². The van der Waals surface area contributed by atoms with Gasteiger partial charge in [0.2, 0.25) is 0 Å².